The Balaban J connectivity index is 0. The largest absolute Gasteiger partial charge is 0 e. The number of esters is 2. The summed E-state index contributed by atoms with van der Waals surface area (Å²) < 4.78 is 47.8. The molecule has 3 aromatic rings. The van der Waals surface area contributed by atoms with Gasteiger partial charge in [-0.1, -0.05) is 89.7 Å². The van der Waals surface area contributed by atoms with Crippen molar-refractivity contribution in [3.05, 3.63) is 146 Å². The third kappa shape index (κ3) is 9.98. The zero-order valence-electron chi connectivity index (χ0n) is 26.2. The Morgan fingerprint density at radius 3 is 1.44 bits per heavy atom. The van der Waals surface area contributed by atoms with Crippen molar-refractivity contribution in [2.24, 2.45) is 0 Å². The maximum atomic E-state index is 12.9. The smallest absolute Gasteiger partial charge is 0 e. The molecule has 48 heavy (non-hydrogen) atoms. The summed E-state index contributed by atoms with van der Waals surface area (Å²) in [6, 6.07) is 26.4. The fourth-order valence-electron chi connectivity index (χ4n) is 5.35. The molecule has 3 aromatic carbocycles. The van der Waals surface area contributed by atoms with Crippen molar-refractivity contribution in [1.29, 1.82) is 0 Å². The molecule has 0 radical (unpaired) electrons. The second-order valence-corrected chi connectivity index (χ2v) is 11.4. The Bertz CT molecular complexity index is 1690. The van der Waals surface area contributed by atoms with E-state index in [1.807, 2.05) is 54.6 Å². The van der Waals surface area contributed by atoms with Gasteiger partial charge in [-0.3, -0.25) is 0 Å². The van der Waals surface area contributed by atoms with Crippen LogP contribution in [0, 0.1) is 45.1 Å². The number of hydrogen-bond donors (Lipinski definition) is 0. The van der Waals surface area contributed by atoms with Crippen molar-refractivity contribution in [2.75, 3.05) is 14.2 Å². The van der Waals surface area contributed by atoms with E-state index in [-0.39, 0.29) is 32.4 Å². The Hall–Kier alpha value is -4.54. The van der Waals surface area contributed by atoms with Crippen molar-refractivity contribution >= 4 is 25.2 Å². The van der Waals surface area contributed by atoms with Crippen LogP contribution in [0.5, 0.6) is 0 Å². The molecular weight excluding hydrogens is 803 g/mol. The van der Waals surface area contributed by atoms with Crippen LogP contribution in [0.25, 0.3) is 11.1 Å². The molecule has 9 nitrogen and oxygen atoms in total. The van der Waals surface area contributed by atoms with Gasteiger partial charge in [0.25, 0.3) is 0 Å². The van der Waals surface area contributed by atoms with Crippen LogP contribution in [0.1, 0.15) is 25.0 Å². The van der Waals surface area contributed by atoms with Gasteiger partial charge in [-0.15, -0.1) is 0 Å². The first-order chi connectivity index (χ1) is 23.0. The second-order valence-electron chi connectivity index (χ2n) is 9.07. The number of carbonyl (C=O) groups excluding carboxylic acids is 2. The number of benzene rings is 3. The van der Waals surface area contributed by atoms with E-state index in [1.165, 1.54) is 14.2 Å². The van der Waals surface area contributed by atoms with E-state index in [1.54, 1.807) is 0 Å². The molecule has 0 aromatic heterocycles. The molecule has 2 aliphatic heterocycles. The first-order valence-corrected chi connectivity index (χ1v) is 14.6. The first kappa shape index (κ1) is 45.6. The van der Waals surface area contributed by atoms with E-state index >= 15 is 0 Å². The molecule has 11 heteroatoms. The Labute approximate surface area is 295 Å². The Morgan fingerprint density at radius 2 is 0.979 bits per heavy atom. The molecule has 2 atom stereocenters. The van der Waals surface area contributed by atoms with Crippen molar-refractivity contribution < 1.29 is 63.4 Å². The molecule has 2 unspecified atom stereocenters. The number of carbonyl (C=O) groups is 2. The molecule has 240 valence electrons. The molecule has 0 aliphatic carbocycles. The van der Waals surface area contributed by atoms with Gasteiger partial charge in [0.1, 0.15) is 0 Å². The zero-order valence-corrected chi connectivity index (χ0v) is 30.0. The number of rotatable bonds is 4. The van der Waals surface area contributed by atoms with Gasteiger partial charge in [-0.05, 0) is 50.3 Å². The van der Waals surface area contributed by atoms with Gasteiger partial charge in [-0.25, -0.2) is 9.59 Å². The van der Waals surface area contributed by atoms with Crippen molar-refractivity contribution in [1.82, 2.24) is 0 Å². The molecule has 0 saturated heterocycles. The van der Waals surface area contributed by atoms with Crippen LogP contribution >= 0.6 is 7.92 Å². The van der Waals surface area contributed by atoms with Crippen LogP contribution in [-0.2, 0) is 63.4 Å². The average molecular weight is 830 g/mol. The van der Waals surface area contributed by atoms with Gasteiger partial charge >= 0.3 is 68.5 Å². The van der Waals surface area contributed by atoms with E-state index in [2.05, 4.69) is 83.2 Å². The summed E-state index contributed by atoms with van der Waals surface area (Å²) in [5.74, 6) is 5.90. The summed E-state index contributed by atoms with van der Waals surface area (Å²) in [5.41, 5.74) is 6.78. The summed E-state index contributed by atoms with van der Waals surface area (Å²) in [5, 5.41) is 1.08. The predicted octanol–water partition coefficient (Wildman–Crippen LogP) is 5.41. The molecule has 5 rings (SSSR count). The number of fused-ring (bicyclic) bond motifs is 2. The maximum Gasteiger partial charge on any atom is 0 e. The third-order valence-electron chi connectivity index (χ3n) is 7.17. The average Bonchev–Trinajstić information content (AvgIpc) is 3.64. The summed E-state index contributed by atoms with van der Waals surface area (Å²) in [4.78, 5) is 25.8. The number of methoxy groups -OCH3 is 2. The molecule has 0 amide bonds. The molecule has 0 N–H and O–H groups in total. The SMILES string of the molecule is COC(=O)C1=C(C(=O)OC)C2C(C)=C(C)C1P2c1ccccc1C#Cc1ccccc1-c1ccccc1.[C-]#[O+].[C-]#[O+].[C-]#[O+].[C-]#[O+].[C-]#[O+].[W]. The maximum absolute atomic E-state index is 12.9. The minimum atomic E-state index is -0.990. The molecule has 2 aliphatic rings. The van der Waals surface area contributed by atoms with Crippen LogP contribution in [-0.4, -0.2) is 37.5 Å². The predicted molar refractivity (Wildman–Crippen MR) is 168 cm³/mol. The fourth-order valence-corrected chi connectivity index (χ4v) is 9.15. The van der Waals surface area contributed by atoms with Gasteiger partial charge in [0, 0.05) is 43.5 Å². The number of ether oxygens (including phenoxy) is 2. The number of allylic oxidation sites excluding steroid dienone is 2. The molecule has 0 spiro atoms. The van der Waals surface area contributed by atoms with Gasteiger partial charge in [0.15, 0.2) is 0 Å². The molecule has 0 fully saturated rings. The quantitative estimate of drug-likeness (QED) is 0.0863. The van der Waals surface area contributed by atoms with E-state index in [0.717, 1.165) is 38.7 Å². The second kappa shape index (κ2) is 24.6. The molecular formula is C37H27O9PW. The Morgan fingerprint density at radius 1 is 0.604 bits per heavy atom. The van der Waals surface area contributed by atoms with E-state index in [9.17, 15) is 9.59 Å². The minimum absolute atomic E-state index is 0. The van der Waals surface area contributed by atoms with Gasteiger partial charge in [0.2, 0.25) is 0 Å². The minimum Gasteiger partial charge on any atom is 0 e. The van der Waals surface area contributed by atoms with Crippen molar-refractivity contribution in [3.8, 4) is 23.0 Å². The van der Waals surface area contributed by atoms with E-state index in [4.69, 9.17) is 32.7 Å². The van der Waals surface area contributed by atoms with Crippen LogP contribution in [0.4, 0.5) is 0 Å². The zero-order chi connectivity index (χ0) is 36.1. The normalized spacial score (nSPS) is 15.6. The van der Waals surface area contributed by atoms with Gasteiger partial charge in [-0.2, -0.15) is 0 Å². The van der Waals surface area contributed by atoms with E-state index < -0.39 is 19.9 Å². The van der Waals surface area contributed by atoms with Crippen molar-refractivity contribution in [2.45, 2.75) is 25.2 Å². The molecule has 0 saturated carbocycles. The first-order valence-electron chi connectivity index (χ1n) is 13.1. The van der Waals surface area contributed by atoms with Crippen LogP contribution in [0.15, 0.2) is 101 Å². The summed E-state index contributed by atoms with van der Waals surface area (Å²) >= 11 is 0. The van der Waals surface area contributed by atoms with Crippen LogP contribution in [0.2, 0.25) is 0 Å². The number of hydrogen-bond acceptors (Lipinski definition) is 4. The molecule has 2 heterocycles. The Kier molecular flexibility index (Phi) is 23.4. The third-order valence-corrected chi connectivity index (χ3v) is 10.5. The topological polar surface area (TPSA) is 152 Å². The summed E-state index contributed by atoms with van der Waals surface area (Å²) in [7, 11) is 1.72. The summed E-state index contributed by atoms with van der Waals surface area (Å²) in [6.45, 7) is 26.6. The summed E-state index contributed by atoms with van der Waals surface area (Å²) in [6.07, 6.45) is 0. The van der Waals surface area contributed by atoms with Gasteiger partial charge < -0.3 is 9.47 Å². The fraction of sp³-hybridized carbons (Fsp3) is 0.162. The monoisotopic (exact) mass is 830 g/mol. The van der Waals surface area contributed by atoms with Gasteiger partial charge in [0.05, 0.1) is 25.4 Å². The van der Waals surface area contributed by atoms with E-state index in [0.29, 0.717) is 11.1 Å². The van der Waals surface area contributed by atoms with Crippen LogP contribution in [0.3, 0.4) is 0 Å². The van der Waals surface area contributed by atoms with Crippen LogP contribution < -0.4 is 5.30 Å². The standard InChI is InChI=1S/C32H27O4P.5CO.W/c1-20-21(2)30-28(32(34)36-4)27(31(33)35-3)29(20)37(30)26-17-11-9-15-24(26)19-18-23-14-8-10-16-25(23)22-12-6-5-7-13-22;5*1-2;/h5-17,29-30H,1-4H3;;;;;;. The van der Waals surface area contributed by atoms with Crippen molar-refractivity contribution in [3.63, 3.8) is 0 Å². The molecule has 2 bridgehead atoms.